The number of carbonyl (C=O) groups is 1. The number of anilines is 1. The highest BCUT2D eigenvalue weighted by Crippen LogP contribution is 2.23. The van der Waals surface area contributed by atoms with Crippen LogP contribution < -0.4 is 5.73 Å². The van der Waals surface area contributed by atoms with Crippen LogP contribution in [0.25, 0.3) is 0 Å². The SMILES string of the molecule is Cc1cccc(N)c1C(O)C(=O)O. The van der Waals surface area contributed by atoms with E-state index >= 15 is 0 Å². The van der Waals surface area contributed by atoms with Crippen molar-refractivity contribution in [2.24, 2.45) is 0 Å². The number of hydrogen-bond donors (Lipinski definition) is 3. The smallest absolute Gasteiger partial charge is 0.337 e. The van der Waals surface area contributed by atoms with E-state index < -0.39 is 12.1 Å². The predicted octanol–water partition coefficient (Wildman–Crippen LogP) is 0.695. The minimum absolute atomic E-state index is 0.273. The molecule has 1 unspecified atom stereocenters. The first-order valence-corrected chi connectivity index (χ1v) is 3.80. The molecule has 4 nitrogen and oxygen atoms in total. The van der Waals surface area contributed by atoms with Gasteiger partial charge in [-0.25, -0.2) is 4.79 Å². The Morgan fingerprint density at radius 2 is 2.15 bits per heavy atom. The number of rotatable bonds is 2. The highest BCUT2D eigenvalue weighted by Gasteiger charge is 2.20. The molecule has 0 aliphatic rings. The molecular weight excluding hydrogens is 170 g/mol. The summed E-state index contributed by atoms with van der Waals surface area (Å²) in [5.74, 6) is -1.29. The van der Waals surface area contributed by atoms with Gasteiger partial charge in [0.15, 0.2) is 6.10 Å². The van der Waals surface area contributed by atoms with E-state index in [1.807, 2.05) is 0 Å². The van der Waals surface area contributed by atoms with Crippen molar-refractivity contribution in [3.05, 3.63) is 29.3 Å². The molecule has 0 radical (unpaired) electrons. The summed E-state index contributed by atoms with van der Waals surface area (Å²) in [6.45, 7) is 1.71. The van der Waals surface area contributed by atoms with Crippen LogP contribution in [0.4, 0.5) is 5.69 Å². The zero-order valence-corrected chi connectivity index (χ0v) is 7.19. The maximum absolute atomic E-state index is 10.5. The second-order valence-corrected chi connectivity index (χ2v) is 2.82. The molecule has 4 heteroatoms. The van der Waals surface area contributed by atoms with Gasteiger partial charge in [-0.15, -0.1) is 0 Å². The Morgan fingerprint density at radius 1 is 1.54 bits per heavy atom. The Balaban J connectivity index is 3.20. The molecule has 1 atom stereocenters. The van der Waals surface area contributed by atoms with Crippen LogP contribution >= 0.6 is 0 Å². The highest BCUT2D eigenvalue weighted by molar-refractivity contribution is 5.77. The Bertz CT molecular complexity index is 315. The van der Waals surface area contributed by atoms with Gasteiger partial charge in [0.25, 0.3) is 0 Å². The fraction of sp³-hybridized carbons (Fsp3) is 0.222. The molecule has 70 valence electrons. The molecule has 1 aromatic rings. The van der Waals surface area contributed by atoms with Crippen molar-refractivity contribution in [2.75, 3.05) is 5.73 Å². The standard InChI is InChI=1S/C9H11NO3/c1-5-3-2-4-6(10)7(5)8(11)9(12)13/h2-4,8,11H,10H2,1H3,(H,12,13). The van der Waals surface area contributed by atoms with E-state index in [-0.39, 0.29) is 5.56 Å². The summed E-state index contributed by atoms with van der Waals surface area (Å²) in [5.41, 5.74) is 6.79. The summed E-state index contributed by atoms with van der Waals surface area (Å²) in [7, 11) is 0. The average Bonchev–Trinajstić information content (AvgIpc) is 2.03. The van der Waals surface area contributed by atoms with Crippen LogP contribution in [0.2, 0.25) is 0 Å². The maximum atomic E-state index is 10.5. The summed E-state index contributed by atoms with van der Waals surface area (Å²) in [4.78, 5) is 10.5. The fourth-order valence-electron chi connectivity index (χ4n) is 1.20. The van der Waals surface area contributed by atoms with Crippen molar-refractivity contribution in [1.82, 2.24) is 0 Å². The molecule has 0 bridgehead atoms. The summed E-state index contributed by atoms with van der Waals surface area (Å²) in [6, 6.07) is 4.98. The molecule has 0 saturated carbocycles. The normalized spacial score (nSPS) is 12.5. The second kappa shape index (κ2) is 3.45. The average molecular weight is 181 g/mol. The first kappa shape index (κ1) is 9.54. The van der Waals surface area contributed by atoms with Gasteiger partial charge in [-0.05, 0) is 18.6 Å². The van der Waals surface area contributed by atoms with Crippen LogP contribution in [0.5, 0.6) is 0 Å². The van der Waals surface area contributed by atoms with Crippen LogP contribution in [0, 0.1) is 6.92 Å². The number of aryl methyl sites for hydroxylation is 1. The van der Waals surface area contributed by atoms with Gasteiger partial charge in [-0.2, -0.15) is 0 Å². The Labute approximate surface area is 75.6 Å². The van der Waals surface area contributed by atoms with E-state index in [0.29, 0.717) is 11.3 Å². The van der Waals surface area contributed by atoms with Gasteiger partial charge in [0, 0.05) is 11.3 Å². The lowest BCUT2D eigenvalue weighted by molar-refractivity contribution is -0.146. The van der Waals surface area contributed by atoms with E-state index in [9.17, 15) is 9.90 Å². The molecule has 0 aliphatic carbocycles. The molecular formula is C9H11NO3. The van der Waals surface area contributed by atoms with Crippen molar-refractivity contribution in [1.29, 1.82) is 0 Å². The number of nitrogens with two attached hydrogens (primary N) is 1. The van der Waals surface area contributed by atoms with Crippen molar-refractivity contribution in [3.8, 4) is 0 Å². The molecule has 0 amide bonds. The van der Waals surface area contributed by atoms with E-state index in [4.69, 9.17) is 10.8 Å². The van der Waals surface area contributed by atoms with E-state index in [2.05, 4.69) is 0 Å². The Morgan fingerprint density at radius 3 is 2.62 bits per heavy atom. The van der Waals surface area contributed by atoms with Crippen LogP contribution in [0.3, 0.4) is 0 Å². The monoisotopic (exact) mass is 181 g/mol. The quantitative estimate of drug-likeness (QED) is 0.586. The predicted molar refractivity (Wildman–Crippen MR) is 48.2 cm³/mol. The zero-order chi connectivity index (χ0) is 10.0. The summed E-state index contributed by atoms with van der Waals surface area (Å²) >= 11 is 0. The van der Waals surface area contributed by atoms with Gasteiger partial charge in [0.05, 0.1) is 0 Å². The van der Waals surface area contributed by atoms with Gasteiger partial charge in [0.1, 0.15) is 0 Å². The molecule has 4 N–H and O–H groups in total. The number of carboxylic acid groups (broad SMARTS) is 1. The van der Waals surface area contributed by atoms with Crippen LogP contribution in [0.1, 0.15) is 17.2 Å². The molecule has 0 saturated heterocycles. The van der Waals surface area contributed by atoms with Gasteiger partial charge < -0.3 is 15.9 Å². The van der Waals surface area contributed by atoms with Crippen molar-refractivity contribution < 1.29 is 15.0 Å². The minimum Gasteiger partial charge on any atom is -0.479 e. The van der Waals surface area contributed by atoms with Gasteiger partial charge in [-0.3, -0.25) is 0 Å². The summed E-state index contributed by atoms with van der Waals surface area (Å²) in [5, 5.41) is 17.9. The maximum Gasteiger partial charge on any atom is 0.337 e. The number of benzene rings is 1. The molecule has 0 heterocycles. The highest BCUT2D eigenvalue weighted by atomic mass is 16.4. The second-order valence-electron chi connectivity index (χ2n) is 2.82. The molecule has 0 spiro atoms. The number of hydrogen-bond acceptors (Lipinski definition) is 3. The lowest BCUT2D eigenvalue weighted by Crippen LogP contribution is -2.13. The number of nitrogen functional groups attached to an aromatic ring is 1. The zero-order valence-electron chi connectivity index (χ0n) is 7.19. The van der Waals surface area contributed by atoms with Crippen molar-refractivity contribution in [2.45, 2.75) is 13.0 Å². The van der Waals surface area contributed by atoms with Gasteiger partial charge in [-0.1, -0.05) is 12.1 Å². The summed E-state index contributed by atoms with van der Waals surface area (Å²) in [6.07, 6.45) is -1.54. The third kappa shape index (κ3) is 1.78. The molecule has 0 aliphatic heterocycles. The summed E-state index contributed by atoms with van der Waals surface area (Å²) < 4.78 is 0. The van der Waals surface area contributed by atoms with Crippen molar-refractivity contribution in [3.63, 3.8) is 0 Å². The van der Waals surface area contributed by atoms with Gasteiger partial charge in [0.2, 0.25) is 0 Å². The Kier molecular flexibility index (Phi) is 2.53. The third-order valence-electron chi connectivity index (χ3n) is 1.87. The van der Waals surface area contributed by atoms with Crippen LogP contribution in [-0.4, -0.2) is 16.2 Å². The molecule has 0 aromatic heterocycles. The first-order valence-electron chi connectivity index (χ1n) is 3.80. The number of carboxylic acids is 1. The molecule has 13 heavy (non-hydrogen) atoms. The van der Waals surface area contributed by atoms with E-state index in [1.165, 1.54) is 0 Å². The minimum atomic E-state index is -1.54. The molecule has 1 rings (SSSR count). The number of aliphatic carboxylic acids is 1. The van der Waals surface area contributed by atoms with Crippen LogP contribution in [0.15, 0.2) is 18.2 Å². The number of aliphatic hydroxyl groups excluding tert-OH is 1. The van der Waals surface area contributed by atoms with Crippen LogP contribution in [-0.2, 0) is 4.79 Å². The largest absolute Gasteiger partial charge is 0.479 e. The molecule has 1 aromatic carbocycles. The topological polar surface area (TPSA) is 83.5 Å². The lowest BCUT2D eigenvalue weighted by atomic mass is 10.0. The lowest BCUT2D eigenvalue weighted by Gasteiger charge is -2.11. The third-order valence-corrected chi connectivity index (χ3v) is 1.87. The number of aliphatic hydroxyl groups is 1. The molecule has 0 fully saturated rings. The van der Waals surface area contributed by atoms with Crippen molar-refractivity contribution >= 4 is 11.7 Å². The van der Waals surface area contributed by atoms with Gasteiger partial charge >= 0.3 is 5.97 Å². The van der Waals surface area contributed by atoms with E-state index in [0.717, 1.165) is 0 Å². The Hall–Kier alpha value is -1.55. The van der Waals surface area contributed by atoms with E-state index in [1.54, 1.807) is 25.1 Å². The first-order chi connectivity index (χ1) is 6.04. The fourth-order valence-corrected chi connectivity index (χ4v) is 1.20.